The summed E-state index contributed by atoms with van der Waals surface area (Å²) in [6, 6.07) is 0. The zero-order chi connectivity index (χ0) is 7.90. The summed E-state index contributed by atoms with van der Waals surface area (Å²) >= 11 is 0. The Kier molecular flexibility index (Phi) is 1.04. The Hall–Kier alpha value is -1.40. The van der Waals surface area contributed by atoms with Crippen molar-refractivity contribution in [1.29, 1.82) is 0 Å². The average Bonchev–Trinajstić information content (AvgIpc) is 2.31. The van der Waals surface area contributed by atoms with Crippen LogP contribution >= 0.6 is 0 Å². The smallest absolute Gasteiger partial charge is 0.317 e. The topological polar surface area (TPSA) is 95.7 Å². The number of hydrogen-bond acceptors (Lipinski definition) is 6. The fourth-order valence-corrected chi connectivity index (χ4v) is 0.788. The standard InChI is InChI=1S/C5H5N5O/c6-5(11)9-1-3-4(10-5)8-2-7-3/h1-2,11H,6H2. The number of aliphatic hydroxyl groups is 1. The molecule has 0 fully saturated rings. The molecule has 0 aliphatic carbocycles. The van der Waals surface area contributed by atoms with Crippen molar-refractivity contribution in [2.24, 2.45) is 25.7 Å². The summed E-state index contributed by atoms with van der Waals surface area (Å²) in [6.07, 6.45) is 2.68. The van der Waals surface area contributed by atoms with E-state index in [0.29, 0.717) is 11.5 Å². The molecule has 2 aliphatic rings. The van der Waals surface area contributed by atoms with E-state index in [4.69, 9.17) is 10.8 Å². The van der Waals surface area contributed by atoms with Crippen molar-refractivity contribution in [3.63, 3.8) is 0 Å². The number of amidine groups is 1. The minimum absolute atomic E-state index is 0.324. The van der Waals surface area contributed by atoms with Crippen LogP contribution in [0, 0.1) is 0 Å². The largest absolute Gasteiger partial charge is 0.339 e. The van der Waals surface area contributed by atoms with E-state index in [-0.39, 0.29) is 0 Å². The lowest BCUT2D eigenvalue weighted by molar-refractivity contribution is 0.0672. The van der Waals surface area contributed by atoms with Crippen LogP contribution < -0.4 is 5.73 Å². The summed E-state index contributed by atoms with van der Waals surface area (Å²) in [7, 11) is 0. The number of fused-ring (bicyclic) bond motifs is 1. The van der Waals surface area contributed by atoms with Gasteiger partial charge in [-0.1, -0.05) is 0 Å². The minimum atomic E-state index is -1.87. The molecule has 0 spiro atoms. The first-order valence-corrected chi connectivity index (χ1v) is 2.94. The van der Waals surface area contributed by atoms with E-state index < -0.39 is 5.97 Å². The molecular weight excluding hydrogens is 146 g/mol. The van der Waals surface area contributed by atoms with Gasteiger partial charge in [-0.25, -0.2) is 15.0 Å². The maximum Gasteiger partial charge on any atom is 0.317 e. The molecule has 0 aromatic rings. The molecule has 0 radical (unpaired) electrons. The van der Waals surface area contributed by atoms with Crippen molar-refractivity contribution in [2.45, 2.75) is 5.97 Å². The summed E-state index contributed by atoms with van der Waals surface area (Å²) in [6.45, 7) is 0. The Morgan fingerprint density at radius 2 is 2.36 bits per heavy atom. The molecule has 3 N–H and O–H groups in total. The summed E-state index contributed by atoms with van der Waals surface area (Å²) in [5.74, 6) is -1.54. The number of nitrogens with zero attached hydrogens (tertiary/aromatic N) is 4. The second kappa shape index (κ2) is 1.80. The van der Waals surface area contributed by atoms with Crippen LogP contribution in [0.1, 0.15) is 0 Å². The number of aliphatic imine (C=N–C) groups is 4. The highest BCUT2D eigenvalue weighted by atomic mass is 16.3. The highest BCUT2D eigenvalue weighted by Gasteiger charge is 2.25. The molecule has 6 nitrogen and oxygen atoms in total. The van der Waals surface area contributed by atoms with Crippen molar-refractivity contribution in [2.75, 3.05) is 0 Å². The van der Waals surface area contributed by atoms with Crippen molar-refractivity contribution >= 4 is 24.1 Å². The van der Waals surface area contributed by atoms with Crippen LogP contribution in [0.2, 0.25) is 0 Å². The maximum atomic E-state index is 9.09. The number of rotatable bonds is 0. The second-order valence-electron chi connectivity index (χ2n) is 2.14. The zero-order valence-corrected chi connectivity index (χ0v) is 5.47. The quantitative estimate of drug-likeness (QED) is 0.413. The fourth-order valence-electron chi connectivity index (χ4n) is 0.788. The van der Waals surface area contributed by atoms with Crippen molar-refractivity contribution < 1.29 is 5.11 Å². The van der Waals surface area contributed by atoms with Gasteiger partial charge in [-0.05, 0) is 0 Å². The highest BCUT2D eigenvalue weighted by Crippen LogP contribution is 2.08. The molecule has 2 rings (SSSR count). The van der Waals surface area contributed by atoms with Gasteiger partial charge >= 0.3 is 5.97 Å². The summed E-state index contributed by atoms with van der Waals surface area (Å²) in [5, 5.41) is 9.09. The van der Waals surface area contributed by atoms with Crippen LogP contribution in [-0.2, 0) is 0 Å². The Morgan fingerprint density at radius 3 is 3.18 bits per heavy atom. The molecule has 2 aliphatic heterocycles. The van der Waals surface area contributed by atoms with Crippen molar-refractivity contribution in [3.05, 3.63) is 0 Å². The molecule has 6 heteroatoms. The molecule has 0 saturated heterocycles. The first-order valence-electron chi connectivity index (χ1n) is 2.94. The molecule has 2 heterocycles. The maximum absolute atomic E-state index is 9.09. The molecule has 11 heavy (non-hydrogen) atoms. The predicted molar refractivity (Wildman–Crippen MR) is 41.0 cm³/mol. The lowest BCUT2D eigenvalue weighted by Crippen LogP contribution is -2.40. The molecule has 0 aromatic heterocycles. The van der Waals surface area contributed by atoms with E-state index in [0.717, 1.165) is 0 Å². The SMILES string of the molecule is NC1(O)N=CC2=NC=NC2=N1. The number of nitrogens with two attached hydrogens (primary N) is 1. The van der Waals surface area contributed by atoms with E-state index in [9.17, 15) is 0 Å². The normalized spacial score (nSPS) is 33.3. The van der Waals surface area contributed by atoms with Crippen LogP contribution in [0.25, 0.3) is 0 Å². The van der Waals surface area contributed by atoms with E-state index >= 15 is 0 Å². The predicted octanol–water partition coefficient (Wildman–Crippen LogP) is -1.49. The first-order chi connectivity index (χ1) is 5.17. The lowest BCUT2D eigenvalue weighted by atomic mass is 10.3. The molecule has 0 saturated carbocycles. The van der Waals surface area contributed by atoms with Crippen LogP contribution in [0.3, 0.4) is 0 Å². The van der Waals surface area contributed by atoms with Crippen LogP contribution in [0.4, 0.5) is 0 Å². The lowest BCUT2D eigenvalue weighted by Gasteiger charge is -2.15. The summed E-state index contributed by atoms with van der Waals surface area (Å²) in [5.41, 5.74) is 5.70. The third-order valence-corrected chi connectivity index (χ3v) is 1.25. The third-order valence-electron chi connectivity index (χ3n) is 1.25. The van der Waals surface area contributed by atoms with Gasteiger partial charge in [0.15, 0.2) is 5.84 Å². The van der Waals surface area contributed by atoms with Gasteiger partial charge in [0, 0.05) is 0 Å². The van der Waals surface area contributed by atoms with Gasteiger partial charge < -0.3 is 5.11 Å². The Morgan fingerprint density at radius 1 is 1.55 bits per heavy atom. The molecular formula is C5H5N5O. The molecule has 1 unspecified atom stereocenters. The molecule has 56 valence electrons. The van der Waals surface area contributed by atoms with Crippen LogP contribution in [0.5, 0.6) is 0 Å². The van der Waals surface area contributed by atoms with Crippen molar-refractivity contribution in [1.82, 2.24) is 0 Å². The van der Waals surface area contributed by atoms with Gasteiger partial charge in [0.1, 0.15) is 12.1 Å². The Labute approximate surface area is 61.9 Å². The minimum Gasteiger partial charge on any atom is -0.339 e. The molecule has 1 atom stereocenters. The first kappa shape index (κ1) is 6.32. The Balaban J connectivity index is 2.45. The van der Waals surface area contributed by atoms with Gasteiger partial charge in [-0.3, -0.25) is 5.73 Å². The van der Waals surface area contributed by atoms with Crippen LogP contribution in [0.15, 0.2) is 20.0 Å². The monoisotopic (exact) mass is 151 g/mol. The molecule has 0 amide bonds. The van der Waals surface area contributed by atoms with Gasteiger partial charge in [0.2, 0.25) is 0 Å². The second-order valence-corrected chi connectivity index (χ2v) is 2.14. The zero-order valence-electron chi connectivity index (χ0n) is 5.47. The summed E-state index contributed by atoms with van der Waals surface area (Å²) in [4.78, 5) is 14.7. The highest BCUT2D eigenvalue weighted by molar-refractivity contribution is 6.65. The number of hydrogen-bond donors (Lipinski definition) is 2. The van der Waals surface area contributed by atoms with Crippen LogP contribution in [-0.4, -0.2) is 35.2 Å². The van der Waals surface area contributed by atoms with Gasteiger partial charge in [-0.15, -0.1) is 0 Å². The van der Waals surface area contributed by atoms with E-state index in [2.05, 4.69) is 20.0 Å². The van der Waals surface area contributed by atoms with E-state index in [1.807, 2.05) is 0 Å². The van der Waals surface area contributed by atoms with E-state index in [1.54, 1.807) is 0 Å². The molecule has 0 aromatic carbocycles. The summed E-state index contributed by atoms with van der Waals surface area (Å²) < 4.78 is 0. The third kappa shape index (κ3) is 0.975. The fraction of sp³-hybridized carbons (Fsp3) is 0.200. The van der Waals surface area contributed by atoms with E-state index in [1.165, 1.54) is 12.6 Å². The average molecular weight is 151 g/mol. The van der Waals surface area contributed by atoms with Gasteiger partial charge in [0.05, 0.1) is 6.21 Å². The Bertz CT molecular complexity index is 311. The molecule has 0 bridgehead atoms. The van der Waals surface area contributed by atoms with Gasteiger partial charge in [-0.2, -0.15) is 4.99 Å². The van der Waals surface area contributed by atoms with Gasteiger partial charge in [0.25, 0.3) is 0 Å². The van der Waals surface area contributed by atoms with Crippen molar-refractivity contribution in [3.8, 4) is 0 Å².